The van der Waals surface area contributed by atoms with E-state index < -0.39 is 0 Å². The lowest BCUT2D eigenvalue weighted by Gasteiger charge is -2.15. The van der Waals surface area contributed by atoms with Gasteiger partial charge >= 0.3 is 0 Å². The third-order valence-electron chi connectivity index (χ3n) is 3.30. The Hall–Kier alpha value is -1.58. The third kappa shape index (κ3) is 3.55. The van der Waals surface area contributed by atoms with E-state index in [-0.39, 0.29) is 16.1 Å². The number of anilines is 1. The van der Waals surface area contributed by atoms with Crippen molar-refractivity contribution in [1.29, 1.82) is 0 Å². The molecular weight excluding hydrogens is 307 g/mol. The number of nitrogens with zero attached hydrogens (tertiary/aromatic N) is 1. The molecule has 0 fully saturated rings. The van der Waals surface area contributed by atoms with Crippen molar-refractivity contribution in [1.82, 2.24) is 4.98 Å². The van der Waals surface area contributed by atoms with Gasteiger partial charge in [-0.1, -0.05) is 55.2 Å². The van der Waals surface area contributed by atoms with E-state index in [0.717, 1.165) is 29.7 Å². The summed E-state index contributed by atoms with van der Waals surface area (Å²) >= 11 is 11.9. The largest absolute Gasteiger partial charge is 0.321 e. The molecule has 2 rings (SSSR count). The molecule has 2 aromatic rings. The molecule has 0 saturated carbocycles. The summed E-state index contributed by atoms with van der Waals surface area (Å²) in [6, 6.07) is 7.49. The summed E-state index contributed by atoms with van der Waals surface area (Å²) in [5.74, 6) is -0.278. The van der Waals surface area contributed by atoms with Gasteiger partial charge in [0.25, 0.3) is 5.91 Å². The number of para-hydroxylation sites is 1. The Morgan fingerprint density at radius 1 is 1.19 bits per heavy atom. The summed E-state index contributed by atoms with van der Waals surface area (Å²) in [6.07, 6.45) is 3.06. The molecule has 0 saturated heterocycles. The van der Waals surface area contributed by atoms with Crippen LogP contribution in [0.2, 0.25) is 10.2 Å². The summed E-state index contributed by atoms with van der Waals surface area (Å²) in [5.41, 5.74) is 3.37. The van der Waals surface area contributed by atoms with Gasteiger partial charge in [-0.05, 0) is 30.0 Å². The molecule has 0 bridgehead atoms. The fourth-order valence-electron chi connectivity index (χ4n) is 2.17. The van der Waals surface area contributed by atoms with Crippen molar-refractivity contribution < 1.29 is 4.79 Å². The van der Waals surface area contributed by atoms with Crippen molar-refractivity contribution in [2.45, 2.75) is 26.7 Å². The lowest BCUT2D eigenvalue weighted by atomic mass is 10.0. The quantitative estimate of drug-likeness (QED) is 0.824. The van der Waals surface area contributed by atoms with Crippen LogP contribution in [-0.4, -0.2) is 10.9 Å². The number of carbonyl (C=O) groups excluding carboxylic acids is 1. The van der Waals surface area contributed by atoms with E-state index in [4.69, 9.17) is 23.2 Å². The highest BCUT2D eigenvalue weighted by Crippen LogP contribution is 2.25. The average Bonchev–Trinajstić information content (AvgIpc) is 2.49. The number of nitrogens with one attached hydrogen (secondary N) is 1. The topological polar surface area (TPSA) is 42.0 Å². The highest BCUT2D eigenvalue weighted by Gasteiger charge is 2.15. The number of benzene rings is 1. The Morgan fingerprint density at radius 3 is 2.38 bits per heavy atom. The first-order valence-corrected chi connectivity index (χ1v) is 7.55. The van der Waals surface area contributed by atoms with Crippen molar-refractivity contribution in [3.05, 3.63) is 57.3 Å². The molecular formula is C16H16Cl2N2O. The van der Waals surface area contributed by atoms with Gasteiger partial charge in [0.1, 0.15) is 5.15 Å². The van der Waals surface area contributed by atoms with E-state index in [2.05, 4.69) is 24.1 Å². The molecule has 5 heteroatoms. The van der Waals surface area contributed by atoms with Gasteiger partial charge in [0.2, 0.25) is 0 Å². The monoisotopic (exact) mass is 322 g/mol. The lowest BCUT2D eigenvalue weighted by Crippen LogP contribution is -2.15. The summed E-state index contributed by atoms with van der Waals surface area (Å²) in [5, 5.41) is 3.48. The molecule has 0 atom stereocenters. The first-order valence-electron chi connectivity index (χ1n) is 6.80. The number of carbonyl (C=O) groups is 1. The van der Waals surface area contributed by atoms with Crippen LogP contribution in [0.4, 0.5) is 5.69 Å². The minimum Gasteiger partial charge on any atom is -0.321 e. The second-order valence-electron chi connectivity index (χ2n) is 4.60. The predicted octanol–water partition coefficient (Wildman–Crippen LogP) is 4.77. The number of pyridine rings is 1. The van der Waals surface area contributed by atoms with Gasteiger partial charge in [-0.3, -0.25) is 4.79 Å². The lowest BCUT2D eigenvalue weighted by molar-refractivity contribution is 0.102. The Labute approximate surface area is 134 Å². The second kappa shape index (κ2) is 6.92. The van der Waals surface area contributed by atoms with Crippen molar-refractivity contribution >= 4 is 34.8 Å². The number of aryl methyl sites for hydroxylation is 2. The van der Waals surface area contributed by atoms with E-state index in [1.807, 2.05) is 18.2 Å². The van der Waals surface area contributed by atoms with Crippen molar-refractivity contribution in [2.24, 2.45) is 0 Å². The highest BCUT2D eigenvalue weighted by atomic mass is 35.5. The van der Waals surface area contributed by atoms with Crippen LogP contribution in [-0.2, 0) is 12.8 Å². The van der Waals surface area contributed by atoms with Gasteiger partial charge in [0, 0.05) is 11.9 Å². The molecule has 0 aliphatic rings. The van der Waals surface area contributed by atoms with Crippen LogP contribution in [0.25, 0.3) is 0 Å². The number of rotatable bonds is 4. The summed E-state index contributed by atoms with van der Waals surface area (Å²) in [4.78, 5) is 16.3. The summed E-state index contributed by atoms with van der Waals surface area (Å²) in [6.45, 7) is 4.11. The third-order valence-corrected chi connectivity index (χ3v) is 3.81. The first kappa shape index (κ1) is 15.8. The van der Waals surface area contributed by atoms with E-state index in [0.29, 0.717) is 5.56 Å². The van der Waals surface area contributed by atoms with Crippen LogP contribution >= 0.6 is 23.2 Å². The number of amides is 1. The summed E-state index contributed by atoms with van der Waals surface area (Å²) in [7, 11) is 0. The minimum absolute atomic E-state index is 0.240. The van der Waals surface area contributed by atoms with Gasteiger partial charge in [0.05, 0.1) is 10.6 Å². The molecule has 1 aromatic carbocycles. The normalized spacial score (nSPS) is 10.5. The SMILES string of the molecule is CCc1cccc(CC)c1NC(=O)c1cc(Cl)ncc1Cl. The maximum Gasteiger partial charge on any atom is 0.257 e. The van der Waals surface area contributed by atoms with E-state index in [1.54, 1.807) is 0 Å². The van der Waals surface area contributed by atoms with Crippen LogP contribution in [0.5, 0.6) is 0 Å². The van der Waals surface area contributed by atoms with E-state index in [9.17, 15) is 4.79 Å². The zero-order valence-electron chi connectivity index (χ0n) is 11.9. The fraction of sp³-hybridized carbons (Fsp3) is 0.250. The smallest absolute Gasteiger partial charge is 0.257 e. The Morgan fingerprint density at radius 2 is 1.81 bits per heavy atom. The van der Waals surface area contributed by atoms with Crippen molar-refractivity contribution in [2.75, 3.05) is 5.32 Å². The van der Waals surface area contributed by atoms with Gasteiger partial charge in [-0.15, -0.1) is 0 Å². The Balaban J connectivity index is 2.38. The van der Waals surface area contributed by atoms with Crippen LogP contribution in [0, 0.1) is 0 Å². The predicted molar refractivity (Wildman–Crippen MR) is 87.4 cm³/mol. The Bertz CT molecular complexity index is 649. The second-order valence-corrected chi connectivity index (χ2v) is 5.39. The number of aromatic nitrogens is 1. The van der Waals surface area contributed by atoms with Crippen LogP contribution in [0.15, 0.2) is 30.5 Å². The van der Waals surface area contributed by atoms with Gasteiger partial charge < -0.3 is 5.32 Å². The number of halogens is 2. The molecule has 0 spiro atoms. The maximum atomic E-state index is 12.4. The first-order chi connectivity index (χ1) is 10.1. The molecule has 3 nitrogen and oxygen atoms in total. The van der Waals surface area contributed by atoms with Crippen LogP contribution < -0.4 is 5.32 Å². The fourth-order valence-corrected chi connectivity index (χ4v) is 2.52. The highest BCUT2D eigenvalue weighted by molar-refractivity contribution is 6.35. The maximum absolute atomic E-state index is 12.4. The molecule has 0 aliphatic heterocycles. The van der Waals surface area contributed by atoms with E-state index in [1.165, 1.54) is 12.3 Å². The van der Waals surface area contributed by atoms with Crippen molar-refractivity contribution in [3.63, 3.8) is 0 Å². The number of hydrogen-bond donors (Lipinski definition) is 1. The molecule has 0 radical (unpaired) electrons. The Kier molecular flexibility index (Phi) is 5.21. The molecule has 1 heterocycles. The van der Waals surface area contributed by atoms with Gasteiger partial charge in [-0.25, -0.2) is 4.98 Å². The molecule has 1 amide bonds. The van der Waals surface area contributed by atoms with Crippen molar-refractivity contribution in [3.8, 4) is 0 Å². The molecule has 1 N–H and O–H groups in total. The standard InChI is InChI=1S/C16H16Cl2N2O/c1-3-10-6-5-7-11(4-2)15(10)20-16(21)12-8-14(18)19-9-13(12)17/h5-9H,3-4H2,1-2H3,(H,20,21). The van der Waals surface area contributed by atoms with Gasteiger partial charge in [-0.2, -0.15) is 0 Å². The molecule has 0 unspecified atom stereocenters. The molecule has 1 aromatic heterocycles. The minimum atomic E-state index is -0.278. The molecule has 110 valence electrons. The molecule has 21 heavy (non-hydrogen) atoms. The zero-order valence-corrected chi connectivity index (χ0v) is 13.4. The van der Waals surface area contributed by atoms with Crippen LogP contribution in [0.1, 0.15) is 35.3 Å². The average molecular weight is 323 g/mol. The van der Waals surface area contributed by atoms with E-state index >= 15 is 0 Å². The van der Waals surface area contributed by atoms with Crippen LogP contribution in [0.3, 0.4) is 0 Å². The van der Waals surface area contributed by atoms with Gasteiger partial charge in [0.15, 0.2) is 0 Å². The number of hydrogen-bond acceptors (Lipinski definition) is 2. The summed E-state index contributed by atoms with van der Waals surface area (Å²) < 4.78 is 0. The molecule has 0 aliphatic carbocycles. The zero-order chi connectivity index (χ0) is 15.4.